The molecule has 4 unspecified atom stereocenters. The van der Waals surface area contributed by atoms with Crippen LogP contribution in [-0.4, -0.2) is 57.6 Å². The molecule has 1 aliphatic heterocycles. The van der Waals surface area contributed by atoms with Gasteiger partial charge in [-0.1, -0.05) is 0 Å². The van der Waals surface area contributed by atoms with Crippen molar-refractivity contribution in [3.63, 3.8) is 0 Å². The van der Waals surface area contributed by atoms with E-state index in [1.807, 2.05) is 0 Å². The summed E-state index contributed by atoms with van der Waals surface area (Å²) in [5.74, 6) is 0. The number of aliphatic hydroxyl groups is 1. The van der Waals surface area contributed by atoms with Crippen LogP contribution in [0, 0.1) is 0 Å². The molecule has 1 saturated heterocycles. The van der Waals surface area contributed by atoms with Gasteiger partial charge in [-0.05, 0) is 0 Å². The molecule has 0 aromatic heterocycles. The molecule has 4 atom stereocenters. The third-order valence-electron chi connectivity index (χ3n) is 2.13. The maximum absolute atomic E-state index is 9.67. The van der Waals surface area contributed by atoms with Gasteiger partial charge in [0.1, 0.15) is 18.3 Å². The van der Waals surface area contributed by atoms with Gasteiger partial charge in [-0.3, -0.25) is 0 Å². The quantitative estimate of drug-likeness (QED) is 0.643. The van der Waals surface area contributed by atoms with Gasteiger partial charge in [0.2, 0.25) is 0 Å². The van der Waals surface area contributed by atoms with E-state index in [1.54, 1.807) is 7.11 Å². The highest BCUT2D eigenvalue weighted by atomic mass is 16.7. The molecule has 1 fully saturated rings. The van der Waals surface area contributed by atoms with E-state index < -0.39 is 18.5 Å². The van der Waals surface area contributed by atoms with Crippen LogP contribution in [-0.2, 0) is 18.9 Å². The molecule has 5 nitrogen and oxygen atoms in total. The lowest BCUT2D eigenvalue weighted by Crippen LogP contribution is -2.36. The Hall–Kier alpha value is -0.200. The van der Waals surface area contributed by atoms with Gasteiger partial charge < -0.3 is 24.1 Å². The molecule has 0 aromatic rings. The van der Waals surface area contributed by atoms with Gasteiger partial charge in [0.15, 0.2) is 6.29 Å². The van der Waals surface area contributed by atoms with Crippen molar-refractivity contribution >= 4 is 0 Å². The van der Waals surface area contributed by atoms with Crippen molar-refractivity contribution in [3.05, 3.63) is 0 Å². The summed E-state index contributed by atoms with van der Waals surface area (Å²) in [6.45, 7) is 0.334. The molecule has 0 radical (unpaired) electrons. The second-order valence-corrected chi connectivity index (χ2v) is 2.92. The van der Waals surface area contributed by atoms with Crippen LogP contribution in [0.3, 0.4) is 0 Å². The van der Waals surface area contributed by atoms with E-state index in [0.29, 0.717) is 6.61 Å². The van der Waals surface area contributed by atoms with Gasteiger partial charge in [-0.15, -0.1) is 0 Å². The molecule has 1 heterocycles. The number of rotatable bonds is 4. The summed E-state index contributed by atoms with van der Waals surface area (Å²) in [7, 11) is 4.58. The minimum absolute atomic E-state index is 0.334. The Morgan fingerprint density at radius 2 is 1.92 bits per heavy atom. The smallest absolute Gasteiger partial charge is 0.186 e. The number of methoxy groups -OCH3 is 3. The van der Waals surface area contributed by atoms with Gasteiger partial charge in [-0.25, -0.2) is 0 Å². The fourth-order valence-electron chi connectivity index (χ4n) is 1.45. The zero-order valence-corrected chi connectivity index (χ0v) is 8.10. The molecule has 0 aliphatic carbocycles. The lowest BCUT2D eigenvalue weighted by atomic mass is 10.1. The SMILES string of the molecule is COCC1OC(OC)C(OC)C1O. The lowest BCUT2D eigenvalue weighted by molar-refractivity contribution is -0.160. The predicted molar refractivity (Wildman–Crippen MR) is 44.3 cm³/mol. The highest BCUT2D eigenvalue weighted by Crippen LogP contribution is 2.23. The van der Waals surface area contributed by atoms with E-state index in [0.717, 1.165) is 0 Å². The van der Waals surface area contributed by atoms with Crippen LogP contribution in [0.25, 0.3) is 0 Å². The number of hydrogen-bond donors (Lipinski definition) is 1. The Morgan fingerprint density at radius 1 is 1.23 bits per heavy atom. The minimum atomic E-state index is -0.699. The van der Waals surface area contributed by atoms with Crippen molar-refractivity contribution in [2.75, 3.05) is 27.9 Å². The van der Waals surface area contributed by atoms with Crippen LogP contribution in [0.5, 0.6) is 0 Å². The average molecular weight is 192 g/mol. The molecular formula is C8H16O5. The Kier molecular flexibility index (Phi) is 4.08. The zero-order valence-electron chi connectivity index (χ0n) is 8.10. The van der Waals surface area contributed by atoms with Crippen molar-refractivity contribution in [2.45, 2.75) is 24.6 Å². The first-order valence-corrected chi connectivity index (χ1v) is 4.12. The van der Waals surface area contributed by atoms with Crippen LogP contribution < -0.4 is 0 Å². The topological polar surface area (TPSA) is 57.2 Å². The first kappa shape index (κ1) is 10.9. The molecule has 78 valence electrons. The molecule has 1 rings (SSSR count). The molecule has 0 amide bonds. The molecule has 0 spiro atoms. The molecular weight excluding hydrogens is 176 g/mol. The van der Waals surface area contributed by atoms with Gasteiger partial charge in [0, 0.05) is 21.3 Å². The van der Waals surface area contributed by atoms with Gasteiger partial charge in [0.25, 0.3) is 0 Å². The molecule has 5 heteroatoms. The average Bonchev–Trinajstić information content (AvgIpc) is 2.44. The Balaban J connectivity index is 2.54. The molecule has 0 aromatic carbocycles. The molecule has 0 bridgehead atoms. The highest BCUT2D eigenvalue weighted by molar-refractivity contribution is 4.87. The number of hydrogen-bond acceptors (Lipinski definition) is 5. The van der Waals surface area contributed by atoms with Gasteiger partial charge >= 0.3 is 0 Å². The minimum Gasteiger partial charge on any atom is -0.387 e. The molecule has 0 saturated carbocycles. The van der Waals surface area contributed by atoms with Crippen LogP contribution in [0.1, 0.15) is 0 Å². The van der Waals surface area contributed by atoms with Crippen molar-refractivity contribution in [3.8, 4) is 0 Å². The van der Waals surface area contributed by atoms with Crippen LogP contribution in [0.4, 0.5) is 0 Å². The summed E-state index contributed by atoms with van der Waals surface area (Å²) >= 11 is 0. The van der Waals surface area contributed by atoms with E-state index in [4.69, 9.17) is 18.9 Å². The molecule has 1 N–H and O–H groups in total. The van der Waals surface area contributed by atoms with Crippen molar-refractivity contribution < 1.29 is 24.1 Å². The Labute approximate surface area is 77.5 Å². The van der Waals surface area contributed by atoms with Crippen molar-refractivity contribution in [1.29, 1.82) is 0 Å². The predicted octanol–water partition coefficient (Wildman–Crippen LogP) is -0.620. The fraction of sp³-hybridized carbons (Fsp3) is 1.00. The highest BCUT2D eigenvalue weighted by Gasteiger charge is 2.44. The van der Waals surface area contributed by atoms with Crippen LogP contribution in [0.2, 0.25) is 0 Å². The van der Waals surface area contributed by atoms with Crippen molar-refractivity contribution in [1.82, 2.24) is 0 Å². The standard InChI is InChI=1S/C8H16O5/c1-10-4-5-6(9)7(11-2)8(12-3)13-5/h5-9H,4H2,1-3H3. The third-order valence-corrected chi connectivity index (χ3v) is 2.13. The first-order chi connectivity index (χ1) is 6.24. The van der Waals surface area contributed by atoms with Crippen LogP contribution >= 0.6 is 0 Å². The second-order valence-electron chi connectivity index (χ2n) is 2.92. The summed E-state index contributed by atoms with van der Waals surface area (Å²) in [5, 5.41) is 9.67. The third kappa shape index (κ3) is 2.18. The first-order valence-electron chi connectivity index (χ1n) is 4.12. The maximum atomic E-state index is 9.67. The van der Waals surface area contributed by atoms with E-state index >= 15 is 0 Å². The van der Waals surface area contributed by atoms with Crippen molar-refractivity contribution in [2.24, 2.45) is 0 Å². The summed E-state index contributed by atoms with van der Waals surface area (Å²) in [6.07, 6.45) is -2.03. The molecule has 1 aliphatic rings. The fourth-order valence-corrected chi connectivity index (χ4v) is 1.45. The molecule has 13 heavy (non-hydrogen) atoms. The number of aliphatic hydroxyl groups excluding tert-OH is 1. The second kappa shape index (κ2) is 4.88. The summed E-state index contributed by atoms with van der Waals surface area (Å²) in [4.78, 5) is 0. The number of ether oxygens (including phenoxy) is 4. The summed E-state index contributed by atoms with van der Waals surface area (Å²) < 4.78 is 20.3. The van der Waals surface area contributed by atoms with E-state index in [-0.39, 0.29) is 6.10 Å². The summed E-state index contributed by atoms with van der Waals surface area (Å²) in [6, 6.07) is 0. The largest absolute Gasteiger partial charge is 0.387 e. The Bertz CT molecular complexity index is 151. The lowest BCUT2D eigenvalue weighted by Gasteiger charge is -2.16. The van der Waals surface area contributed by atoms with E-state index in [9.17, 15) is 5.11 Å². The normalized spacial score (nSPS) is 39.7. The summed E-state index contributed by atoms with van der Waals surface area (Å²) in [5.41, 5.74) is 0. The maximum Gasteiger partial charge on any atom is 0.186 e. The Morgan fingerprint density at radius 3 is 2.31 bits per heavy atom. The van der Waals surface area contributed by atoms with E-state index in [1.165, 1.54) is 14.2 Å². The van der Waals surface area contributed by atoms with E-state index in [2.05, 4.69) is 0 Å². The van der Waals surface area contributed by atoms with Crippen LogP contribution in [0.15, 0.2) is 0 Å². The van der Waals surface area contributed by atoms with Gasteiger partial charge in [-0.2, -0.15) is 0 Å². The zero-order chi connectivity index (χ0) is 9.84. The van der Waals surface area contributed by atoms with Gasteiger partial charge in [0.05, 0.1) is 6.61 Å². The monoisotopic (exact) mass is 192 g/mol.